The molecule has 122 valence electrons. The minimum Gasteiger partial charge on any atom is -0.453 e. The van der Waals surface area contributed by atoms with E-state index in [2.05, 4.69) is 11.4 Å². The lowest BCUT2D eigenvalue weighted by Gasteiger charge is -2.14. The van der Waals surface area contributed by atoms with Crippen molar-refractivity contribution < 1.29 is 9.47 Å². The molecule has 0 bridgehead atoms. The zero-order valence-corrected chi connectivity index (χ0v) is 13.7. The van der Waals surface area contributed by atoms with Crippen LogP contribution >= 0.6 is 0 Å². The molecule has 0 aromatic heterocycles. The highest BCUT2D eigenvalue weighted by Crippen LogP contribution is 2.35. The van der Waals surface area contributed by atoms with E-state index in [1.165, 1.54) is 5.56 Å². The van der Waals surface area contributed by atoms with Crippen LogP contribution in [-0.4, -0.2) is 13.6 Å². The van der Waals surface area contributed by atoms with Crippen molar-refractivity contribution in [2.75, 3.05) is 13.6 Å². The highest BCUT2D eigenvalue weighted by atomic mass is 16.5. The Balaban J connectivity index is 1.88. The molecule has 0 heterocycles. The fourth-order valence-electron chi connectivity index (χ4n) is 2.37. The van der Waals surface area contributed by atoms with Crippen LogP contribution in [0.4, 0.5) is 0 Å². The summed E-state index contributed by atoms with van der Waals surface area (Å²) >= 11 is 0. The second-order valence-electron chi connectivity index (χ2n) is 5.46. The van der Waals surface area contributed by atoms with Crippen molar-refractivity contribution in [3.8, 4) is 23.0 Å². The van der Waals surface area contributed by atoms with Crippen LogP contribution in [0.3, 0.4) is 0 Å². The zero-order valence-electron chi connectivity index (χ0n) is 13.7. The molecule has 3 aromatic carbocycles. The maximum Gasteiger partial charge on any atom is 0.170 e. The fourth-order valence-corrected chi connectivity index (χ4v) is 2.37. The summed E-state index contributed by atoms with van der Waals surface area (Å²) in [5, 5.41) is 3.17. The van der Waals surface area contributed by atoms with E-state index in [1.54, 1.807) is 0 Å². The lowest BCUT2D eigenvalue weighted by Crippen LogP contribution is -2.10. The van der Waals surface area contributed by atoms with Crippen LogP contribution in [0.1, 0.15) is 5.56 Å². The van der Waals surface area contributed by atoms with E-state index in [0.29, 0.717) is 5.75 Å². The van der Waals surface area contributed by atoms with Crippen molar-refractivity contribution in [3.63, 3.8) is 0 Å². The maximum atomic E-state index is 6.06. The molecule has 3 aromatic rings. The van der Waals surface area contributed by atoms with E-state index >= 15 is 0 Å². The van der Waals surface area contributed by atoms with Gasteiger partial charge in [0.05, 0.1) is 0 Å². The Morgan fingerprint density at radius 1 is 0.708 bits per heavy atom. The highest BCUT2D eigenvalue weighted by Gasteiger charge is 2.09. The monoisotopic (exact) mass is 319 g/mol. The average Bonchev–Trinajstić information content (AvgIpc) is 2.63. The van der Waals surface area contributed by atoms with Crippen LogP contribution < -0.4 is 14.8 Å². The Morgan fingerprint density at radius 2 is 1.29 bits per heavy atom. The van der Waals surface area contributed by atoms with Crippen LogP contribution in [0.25, 0.3) is 0 Å². The van der Waals surface area contributed by atoms with Gasteiger partial charge in [0.2, 0.25) is 0 Å². The topological polar surface area (TPSA) is 30.5 Å². The minimum atomic E-state index is 0.707. The molecule has 24 heavy (non-hydrogen) atoms. The third-order valence-corrected chi connectivity index (χ3v) is 3.61. The van der Waals surface area contributed by atoms with E-state index in [9.17, 15) is 0 Å². The van der Waals surface area contributed by atoms with Crippen LogP contribution in [-0.2, 0) is 6.42 Å². The smallest absolute Gasteiger partial charge is 0.170 e. The summed E-state index contributed by atoms with van der Waals surface area (Å²) in [5.41, 5.74) is 1.20. The number of likely N-dealkylation sites (N-methyl/N-ethyl adjacent to an activating group) is 1. The maximum absolute atomic E-state index is 6.06. The van der Waals surface area contributed by atoms with Gasteiger partial charge in [-0.3, -0.25) is 0 Å². The van der Waals surface area contributed by atoms with E-state index in [1.807, 2.05) is 79.8 Å². The molecule has 1 N–H and O–H groups in total. The molecule has 3 nitrogen and oxygen atoms in total. The predicted octanol–water partition coefficient (Wildman–Crippen LogP) is 5.03. The van der Waals surface area contributed by atoms with Gasteiger partial charge in [0, 0.05) is 0 Å². The predicted molar refractivity (Wildman–Crippen MR) is 97.1 cm³/mol. The van der Waals surface area contributed by atoms with E-state index < -0.39 is 0 Å². The lowest BCUT2D eigenvalue weighted by molar-refractivity contribution is 0.418. The summed E-state index contributed by atoms with van der Waals surface area (Å²) in [6, 6.07) is 25.6. The molecule has 0 aliphatic carbocycles. The molecule has 3 heteroatoms. The first-order valence-electron chi connectivity index (χ1n) is 8.08. The van der Waals surface area contributed by atoms with Crippen LogP contribution in [0, 0.1) is 0 Å². The molecule has 0 aliphatic heterocycles. The number of nitrogens with one attached hydrogen (secondary N) is 1. The summed E-state index contributed by atoms with van der Waals surface area (Å²) in [6.45, 7) is 0.920. The van der Waals surface area contributed by atoms with Crippen molar-refractivity contribution in [1.82, 2.24) is 5.32 Å². The molecule has 0 spiro atoms. The van der Waals surface area contributed by atoms with Crippen molar-refractivity contribution in [1.29, 1.82) is 0 Å². The van der Waals surface area contributed by atoms with Gasteiger partial charge in [-0.1, -0.05) is 42.5 Å². The summed E-state index contributed by atoms with van der Waals surface area (Å²) < 4.78 is 12.1. The number of ether oxygens (including phenoxy) is 2. The molecule has 0 unspecified atom stereocenters. The second kappa shape index (κ2) is 8.18. The van der Waals surface area contributed by atoms with Gasteiger partial charge in [-0.25, -0.2) is 0 Å². The molecule has 0 fully saturated rings. The van der Waals surface area contributed by atoms with Gasteiger partial charge in [-0.05, 0) is 62.0 Å². The summed E-state index contributed by atoms with van der Waals surface area (Å²) in [7, 11) is 1.95. The minimum absolute atomic E-state index is 0.707. The summed E-state index contributed by atoms with van der Waals surface area (Å²) in [6.07, 6.45) is 0.938. The molecule has 0 saturated heterocycles. The number of rotatable bonds is 7. The quantitative estimate of drug-likeness (QED) is 0.662. The first-order valence-corrected chi connectivity index (χ1v) is 8.08. The Labute approximate surface area is 142 Å². The normalized spacial score (nSPS) is 10.4. The molecular formula is C21H21NO2. The van der Waals surface area contributed by atoms with E-state index in [-0.39, 0.29) is 0 Å². The van der Waals surface area contributed by atoms with Crippen molar-refractivity contribution in [3.05, 3.63) is 84.4 Å². The van der Waals surface area contributed by atoms with Gasteiger partial charge in [0.25, 0.3) is 0 Å². The third-order valence-electron chi connectivity index (χ3n) is 3.61. The molecule has 0 aliphatic rings. The second-order valence-corrected chi connectivity index (χ2v) is 5.46. The van der Waals surface area contributed by atoms with Crippen molar-refractivity contribution >= 4 is 0 Å². The number of hydrogen-bond acceptors (Lipinski definition) is 3. The molecular weight excluding hydrogens is 298 g/mol. The van der Waals surface area contributed by atoms with Gasteiger partial charge in [-0.2, -0.15) is 0 Å². The van der Waals surface area contributed by atoms with Gasteiger partial charge in [-0.15, -0.1) is 0 Å². The first-order chi connectivity index (χ1) is 11.8. The van der Waals surface area contributed by atoms with Gasteiger partial charge in [0.15, 0.2) is 11.5 Å². The fraction of sp³-hybridized carbons (Fsp3) is 0.143. The molecule has 0 atom stereocenters. The number of benzene rings is 3. The van der Waals surface area contributed by atoms with Crippen molar-refractivity contribution in [2.45, 2.75) is 6.42 Å². The largest absolute Gasteiger partial charge is 0.453 e. The van der Waals surface area contributed by atoms with Crippen LogP contribution in [0.5, 0.6) is 23.0 Å². The number of para-hydroxylation sites is 2. The summed E-state index contributed by atoms with van der Waals surface area (Å²) in [5.74, 6) is 3.01. The van der Waals surface area contributed by atoms with Crippen molar-refractivity contribution in [2.24, 2.45) is 0 Å². The first kappa shape index (κ1) is 16.1. The summed E-state index contributed by atoms with van der Waals surface area (Å²) in [4.78, 5) is 0. The average molecular weight is 319 g/mol. The molecule has 0 amide bonds. The van der Waals surface area contributed by atoms with Gasteiger partial charge < -0.3 is 14.8 Å². The standard InChI is InChI=1S/C21H21NO2/c1-22-15-14-17-12-13-20(23-18-8-4-2-5-9-18)21(16-17)24-19-10-6-3-7-11-19/h2-13,16,22H,14-15H2,1H3. The van der Waals surface area contributed by atoms with Gasteiger partial charge in [0.1, 0.15) is 11.5 Å². The molecule has 3 rings (SSSR count). The highest BCUT2D eigenvalue weighted by molar-refractivity contribution is 5.47. The molecule has 0 radical (unpaired) electrons. The SMILES string of the molecule is CNCCc1ccc(Oc2ccccc2)c(Oc2ccccc2)c1. The number of hydrogen-bond donors (Lipinski definition) is 1. The Hall–Kier alpha value is -2.78. The van der Waals surface area contributed by atoms with Crippen LogP contribution in [0.2, 0.25) is 0 Å². The zero-order chi connectivity index (χ0) is 16.6. The Kier molecular flexibility index (Phi) is 5.48. The van der Waals surface area contributed by atoms with E-state index in [0.717, 1.165) is 30.2 Å². The third kappa shape index (κ3) is 4.37. The Morgan fingerprint density at radius 3 is 1.88 bits per heavy atom. The molecule has 0 saturated carbocycles. The van der Waals surface area contributed by atoms with Crippen LogP contribution in [0.15, 0.2) is 78.9 Å². The van der Waals surface area contributed by atoms with Gasteiger partial charge >= 0.3 is 0 Å². The Bertz CT molecular complexity index is 757. The lowest BCUT2D eigenvalue weighted by atomic mass is 10.1. The van der Waals surface area contributed by atoms with E-state index in [4.69, 9.17) is 9.47 Å².